The molecule has 0 unspecified atom stereocenters. The van der Waals surface area contributed by atoms with Gasteiger partial charge in [0, 0.05) is 24.1 Å². The lowest BCUT2D eigenvalue weighted by Crippen LogP contribution is -2.14. The molecule has 0 spiro atoms. The third-order valence-corrected chi connectivity index (χ3v) is 4.47. The van der Waals surface area contributed by atoms with E-state index in [4.69, 9.17) is 9.15 Å². The molecule has 0 atom stereocenters. The number of amides is 1. The highest BCUT2D eigenvalue weighted by Crippen LogP contribution is 2.22. The van der Waals surface area contributed by atoms with Gasteiger partial charge in [-0.3, -0.25) is 4.79 Å². The Morgan fingerprint density at radius 1 is 1.11 bits per heavy atom. The summed E-state index contributed by atoms with van der Waals surface area (Å²) in [6.07, 6.45) is 2.27. The number of anilines is 1. The summed E-state index contributed by atoms with van der Waals surface area (Å²) in [7, 11) is 1.33. The lowest BCUT2D eigenvalue weighted by Gasteiger charge is -2.11. The number of esters is 1. The topological polar surface area (TPSA) is 81.4 Å². The normalized spacial score (nSPS) is 10.5. The van der Waals surface area contributed by atoms with E-state index in [0.717, 1.165) is 5.56 Å². The molecule has 144 valence electrons. The number of aryl methyl sites for hydroxylation is 2. The molecule has 28 heavy (non-hydrogen) atoms. The van der Waals surface area contributed by atoms with Crippen molar-refractivity contribution in [3.05, 3.63) is 71.2 Å². The summed E-state index contributed by atoms with van der Waals surface area (Å²) >= 11 is 0. The van der Waals surface area contributed by atoms with Crippen molar-refractivity contribution in [3.8, 4) is 11.3 Å². The molecule has 0 bridgehead atoms. The minimum absolute atomic E-state index is 0.180. The predicted molar refractivity (Wildman–Crippen MR) is 106 cm³/mol. The molecule has 2 aromatic carbocycles. The van der Waals surface area contributed by atoms with Crippen molar-refractivity contribution in [2.75, 3.05) is 12.4 Å². The zero-order valence-corrected chi connectivity index (χ0v) is 16.1. The molecule has 0 aliphatic carbocycles. The molecule has 0 aliphatic heterocycles. The van der Waals surface area contributed by atoms with Gasteiger partial charge < -0.3 is 14.5 Å². The van der Waals surface area contributed by atoms with Gasteiger partial charge in [-0.1, -0.05) is 35.9 Å². The molecule has 6 nitrogen and oxygen atoms in total. The highest BCUT2D eigenvalue weighted by Gasteiger charge is 2.14. The standard InChI is InChI=1S/C22H22N2O4/c1-14-7-9-16(10-8-14)19-13-23-21(28-19)12-11-20(25)24-18-6-4-5-17(15(18)2)22(26)27-3/h4-10,13H,11-12H2,1-3H3,(H,24,25). The summed E-state index contributed by atoms with van der Waals surface area (Å²) in [5.41, 5.74) is 3.80. The fraction of sp³-hybridized carbons (Fsp3) is 0.227. The number of nitrogens with one attached hydrogen (secondary N) is 1. The van der Waals surface area contributed by atoms with E-state index in [1.165, 1.54) is 12.7 Å². The van der Waals surface area contributed by atoms with Crippen molar-refractivity contribution in [2.45, 2.75) is 26.7 Å². The van der Waals surface area contributed by atoms with Gasteiger partial charge in [0.05, 0.1) is 18.9 Å². The Kier molecular flexibility index (Phi) is 5.89. The lowest BCUT2D eigenvalue weighted by molar-refractivity contribution is -0.116. The van der Waals surface area contributed by atoms with Crippen LogP contribution in [-0.2, 0) is 16.0 Å². The van der Waals surface area contributed by atoms with Crippen molar-refractivity contribution in [1.29, 1.82) is 0 Å². The van der Waals surface area contributed by atoms with Crippen LogP contribution in [0.15, 0.2) is 53.1 Å². The second-order valence-corrected chi connectivity index (χ2v) is 6.50. The number of hydrogen-bond donors (Lipinski definition) is 1. The molecule has 0 saturated carbocycles. The van der Waals surface area contributed by atoms with E-state index in [1.54, 1.807) is 31.3 Å². The van der Waals surface area contributed by atoms with Crippen LogP contribution in [0.5, 0.6) is 0 Å². The maximum atomic E-state index is 12.3. The molecule has 1 aromatic heterocycles. The Bertz CT molecular complexity index is 990. The van der Waals surface area contributed by atoms with E-state index in [1.807, 2.05) is 31.2 Å². The van der Waals surface area contributed by atoms with Gasteiger partial charge in [-0.2, -0.15) is 0 Å². The number of hydrogen-bond acceptors (Lipinski definition) is 5. The zero-order valence-electron chi connectivity index (χ0n) is 16.1. The first-order valence-corrected chi connectivity index (χ1v) is 8.97. The maximum absolute atomic E-state index is 12.3. The molecule has 6 heteroatoms. The number of nitrogens with zero attached hydrogens (tertiary/aromatic N) is 1. The van der Waals surface area contributed by atoms with Crippen molar-refractivity contribution < 1.29 is 18.7 Å². The number of oxazole rings is 1. The summed E-state index contributed by atoms with van der Waals surface area (Å²) in [6, 6.07) is 13.1. The van der Waals surface area contributed by atoms with Gasteiger partial charge in [0.15, 0.2) is 11.7 Å². The van der Waals surface area contributed by atoms with Crippen LogP contribution >= 0.6 is 0 Å². The number of carbonyl (C=O) groups is 2. The molecule has 1 heterocycles. The van der Waals surface area contributed by atoms with Gasteiger partial charge in [0.2, 0.25) is 5.91 Å². The largest absolute Gasteiger partial charge is 0.465 e. The molecule has 0 fully saturated rings. The maximum Gasteiger partial charge on any atom is 0.338 e. The van der Waals surface area contributed by atoms with Crippen LogP contribution in [0, 0.1) is 13.8 Å². The van der Waals surface area contributed by atoms with Crippen molar-refractivity contribution >= 4 is 17.6 Å². The summed E-state index contributed by atoms with van der Waals surface area (Å²) in [6.45, 7) is 3.79. The van der Waals surface area contributed by atoms with Gasteiger partial charge in [-0.15, -0.1) is 0 Å². The summed E-state index contributed by atoms with van der Waals surface area (Å²) in [5.74, 6) is 0.569. The molecule has 1 N–H and O–H groups in total. The molecule has 0 radical (unpaired) electrons. The Balaban J connectivity index is 1.61. The van der Waals surface area contributed by atoms with Crippen LogP contribution in [0.2, 0.25) is 0 Å². The number of ether oxygens (including phenoxy) is 1. The van der Waals surface area contributed by atoms with Gasteiger partial charge in [-0.05, 0) is 31.5 Å². The SMILES string of the molecule is COC(=O)c1cccc(NC(=O)CCc2ncc(-c3ccc(C)cc3)o2)c1C. The summed E-state index contributed by atoms with van der Waals surface area (Å²) < 4.78 is 10.5. The Labute approximate surface area is 163 Å². The van der Waals surface area contributed by atoms with Crippen molar-refractivity contribution in [2.24, 2.45) is 0 Å². The van der Waals surface area contributed by atoms with Gasteiger partial charge in [0.1, 0.15) is 0 Å². The van der Waals surface area contributed by atoms with E-state index in [9.17, 15) is 9.59 Å². The Hall–Kier alpha value is -3.41. The first-order valence-electron chi connectivity index (χ1n) is 8.97. The van der Waals surface area contributed by atoms with Crippen LogP contribution in [0.3, 0.4) is 0 Å². The minimum Gasteiger partial charge on any atom is -0.465 e. The summed E-state index contributed by atoms with van der Waals surface area (Å²) in [4.78, 5) is 28.3. The average molecular weight is 378 g/mol. The number of benzene rings is 2. The lowest BCUT2D eigenvalue weighted by atomic mass is 10.1. The Morgan fingerprint density at radius 2 is 1.86 bits per heavy atom. The fourth-order valence-electron chi connectivity index (χ4n) is 2.81. The van der Waals surface area contributed by atoms with Crippen LogP contribution < -0.4 is 5.32 Å². The predicted octanol–water partition coefficient (Wildman–Crippen LogP) is 4.32. The van der Waals surface area contributed by atoms with Crippen LogP contribution in [-0.4, -0.2) is 24.0 Å². The van der Waals surface area contributed by atoms with Crippen molar-refractivity contribution in [1.82, 2.24) is 4.98 Å². The van der Waals surface area contributed by atoms with E-state index < -0.39 is 5.97 Å². The quantitative estimate of drug-likeness (QED) is 0.646. The second-order valence-electron chi connectivity index (χ2n) is 6.50. The average Bonchev–Trinajstić information content (AvgIpc) is 3.17. The summed E-state index contributed by atoms with van der Waals surface area (Å²) in [5, 5.41) is 2.83. The first-order chi connectivity index (χ1) is 13.5. The highest BCUT2D eigenvalue weighted by atomic mass is 16.5. The third kappa shape index (κ3) is 4.46. The van der Waals surface area contributed by atoms with Crippen LogP contribution in [0.25, 0.3) is 11.3 Å². The van der Waals surface area contributed by atoms with Crippen LogP contribution in [0.1, 0.15) is 33.8 Å². The van der Waals surface area contributed by atoms with E-state index >= 15 is 0 Å². The highest BCUT2D eigenvalue weighted by molar-refractivity contribution is 5.96. The number of carbonyl (C=O) groups excluding carboxylic acids is 2. The van der Waals surface area contributed by atoms with Gasteiger partial charge in [0.25, 0.3) is 0 Å². The van der Waals surface area contributed by atoms with Crippen LogP contribution in [0.4, 0.5) is 5.69 Å². The van der Waals surface area contributed by atoms with Crippen molar-refractivity contribution in [3.63, 3.8) is 0 Å². The third-order valence-electron chi connectivity index (χ3n) is 4.47. The first kappa shape index (κ1) is 19.4. The molecule has 3 rings (SSSR count). The molecular weight excluding hydrogens is 356 g/mol. The van der Waals surface area contributed by atoms with Gasteiger partial charge in [-0.25, -0.2) is 9.78 Å². The Morgan fingerprint density at radius 3 is 2.57 bits per heavy atom. The number of methoxy groups -OCH3 is 1. The second kappa shape index (κ2) is 8.52. The molecule has 1 amide bonds. The molecular formula is C22H22N2O4. The van der Waals surface area contributed by atoms with E-state index in [-0.39, 0.29) is 12.3 Å². The van der Waals surface area contributed by atoms with Gasteiger partial charge >= 0.3 is 5.97 Å². The minimum atomic E-state index is -0.433. The molecule has 0 saturated heterocycles. The fourth-order valence-corrected chi connectivity index (χ4v) is 2.81. The van der Waals surface area contributed by atoms with E-state index in [0.29, 0.717) is 34.9 Å². The smallest absolute Gasteiger partial charge is 0.338 e. The number of aromatic nitrogens is 1. The molecule has 0 aliphatic rings. The number of rotatable bonds is 6. The monoisotopic (exact) mass is 378 g/mol. The van der Waals surface area contributed by atoms with E-state index in [2.05, 4.69) is 10.3 Å². The molecule has 3 aromatic rings. The zero-order chi connectivity index (χ0) is 20.1.